The number of nitrogens with one attached hydrogen (secondary N) is 1. The molecule has 102 valence electrons. The van der Waals surface area contributed by atoms with Crippen molar-refractivity contribution in [3.8, 4) is 0 Å². The number of hydrogen-bond acceptors (Lipinski definition) is 2. The Kier molecular flexibility index (Phi) is 5.55. The van der Waals surface area contributed by atoms with Gasteiger partial charge in [-0.25, -0.2) is 4.39 Å². The molecule has 1 unspecified atom stereocenters. The van der Waals surface area contributed by atoms with E-state index in [-0.39, 0.29) is 5.82 Å². The number of rotatable bonds is 7. The zero-order chi connectivity index (χ0) is 13.5. The van der Waals surface area contributed by atoms with Gasteiger partial charge in [0.2, 0.25) is 0 Å². The van der Waals surface area contributed by atoms with Crippen molar-refractivity contribution in [2.45, 2.75) is 32.2 Å². The van der Waals surface area contributed by atoms with Crippen LogP contribution < -0.4 is 5.32 Å². The van der Waals surface area contributed by atoms with Crippen molar-refractivity contribution in [1.29, 1.82) is 0 Å². The Morgan fingerprint density at radius 2 is 1.84 bits per heavy atom. The molecule has 0 fully saturated rings. The van der Waals surface area contributed by atoms with E-state index in [1.165, 1.54) is 23.3 Å². The lowest BCUT2D eigenvalue weighted by molar-refractivity contribution is 0.504. The third-order valence-electron chi connectivity index (χ3n) is 3.14. The first-order valence-corrected chi connectivity index (χ1v) is 7.71. The molecule has 2 rings (SSSR count). The summed E-state index contributed by atoms with van der Waals surface area (Å²) in [6, 6.07) is 9.43. The fourth-order valence-electron chi connectivity index (χ4n) is 2.16. The van der Waals surface area contributed by atoms with Gasteiger partial charge in [-0.2, -0.15) is 11.3 Å². The fourth-order valence-corrected chi connectivity index (χ4v) is 2.84. The van der Waals surface area contributed by atoms with E-state index < -0.39 is 0 Å². The first-order valence-electron chi connectivity index (χ1n) is 6.77. The molecule has 1 nitrogen and oxygen atoms in total. The summed E-state index contributed by atoms with van der Waals surface area (Å²) in [7, 11) is 0. The molecule has 0 spiro atoms. The minimum Gasteiger partial charge on any atom is -0.313 e. The molecular formula is C16H20FNS. The largest absolute Gasteiger partial charge is 0.313 e. The van der Waals surface area contributed by atoms with Crippen LogP contribution in [0.3, 0.4) is 0 Å². The van der Waals surface area contributed by atoms with Gasteiger partial charge < -0.3 is 5.32 Å². The molecule has 1 heterocycles. The third-order valence-corrected chi connectivity index (χ3v) is 3.87. The van der Waals surface area contributed by atoms with Crippen LogP contribution in [-0.4, -0.2) is 12.6 Å². The van der Waals surface area contributed by atoms with E-state index in [1.54, 1.807) is 11.3 Å². The van der Waals surface area contributed by atoms with Crippen LogP contribution in [0.4, 0.5) is 4.39 Å². The Morgan fingerprint density at radius 1 is 1.11 bits per heavy atom. The Balaban J connectivity index is 1.98. The van der Waals surface area contributed by atoms with Gasteiger partial charge >= 0.3 is 0 Å². The predicted molar refractivity (Wildman–Crippen MR) is 80.2 cm³/mol. The topological polar surface area (TPSA) is 12.0 Å². The van der Waals surface area contributed by atoms with Gasteiger partial charge in [-0.05, 0) is 65.9 Å². The summed E-state index contributed by atoms with van der Waals surface area (Å²) in [5, 5.41) is 7.90. The average Bonchev–Trinajstić information content (AvgIpc) is 2.91. The van der Waals surface area contributed by atoms with E-state index >= 15 is 0 Å². The molecule has 1 N–H and O–H groups in total. The molecule has 0 saturated carbocycles. The van der Waals surface area contributed by atoms with Gasteiger partial charge in [0.25, 0.3) is 0 Å². The summed E-state index contributed by atoms with van der Waals surface area (Å²) >= 11 is 1.74. The molecule has 1 atom stereocenters. The summed E-state index contributed by atoms with van der Waals surface area (Å²) in [6.07, 6.45) is 3.10. The van der Waals surface area contributed by atoms with Gasteiger partial charge in [-0.1, -0.05) is 19.1 Å². The van der Waals surface area contributed by atoms with Gasteiger partial charge in [0.15, 0.2) is 0 Å². The number of thiophene rings is 1. The Labute approximate surface area is 118 Å². The van der Waals surface area contributed by atoms with E-state index in [9.17, 15) is 4.39 Å². The lowest BCUT2D eigenvalue weighted by Gasteiger charge is -2.18. The summed E-state index contributed by atoms with van der Waals surface area (Å²) in [6.45, 7) is 3.20. The number of hydrogen-bond donors (Lipinski definition) is 1. The lowest BCUT2D eigenvalue weighted by atomic mass is 10.0. The van der Waals surface area contributed by atoms with Gasteiger partial charge in [-0.15, -0.1) is 0 Å². The molecule has 3 heteroatoms. The van der Waals surface area contributed by atoms with Crippen molar-refractivity contribution < 1.29 is 4.39 Å². The van der Waals surface area contributed by atoms with E-state index in [0.717, 1.165) is 25.8 Å². The van der Waals surface area contributed by atoms with Crippen molar-refractivity contribution in [1.82, 2.24) is 5.32 Å². The minimum absolute atomic E-state index is 0.167. The zero-order valence-electron chi connectivity index (χ0n) is 11.2. The molecule has 0 aliphatic heterocycles. The Morgan fingerprint density at radius 3 is 2.47 bits per heavy atom. The van der Waals surface area contributed by atoms with Crippen molar-refractivity contribution in [3.63, 3.8) is 0 Å². The van der Waals surface area contributed by atoms with Crippen LogP contribution in [0.5, 0.6) is 0 Å². The van der Waals surface area contributed by atoms with Crippen LogP contribution in [0.25, 0.3) is 0 Å². The van der Waals surface area contributed by atoms with Crippen molar-refractivity contribution in [2.24, 2.45) is 0 Å². The maximum atomic E-state index is 12.9. The molecule has 0 saturated heterocycles. The summed E-state index contributed by atoms with van der Waals surface area (Å²) in [5.74, 6) is -0.167. The first-order chi connectivity index (χ1) is 9.28. The predicted octanol–water partition coefficient (Wildman–Crippen LogP) is 4.04. The van der Waals surface area contributed by atoms with Crippen LogP contribution in [0.15, 0.2) is 41.1 Å². The highest BCUT2D eigenvalue weighted by Crippen LogP contribution is 2.13. The quantitative estimate of drug-likeness (QED) is 0.805. The van der Waals surface area contributed by atoms with E-state index in [2.05, 4.69) is 29.1 Å². The molecular weight excluding hydrogens is 257 g/mol. The summed E-state index contributed by atoms with van der Waals surface area (Å²) in [5.41, 5.74) is 2.56. The highest BCUT2D eigenvalue weighted by Gasteiger charge is 2.10. The highest BCUT2D eigenvalue weighted by atomic mass is 32.1. The number of halogens is 1. The molecule has 0 radical (unpaired) electrons. The molecule has 0 amide bonds. The van der Waals surface area contributed by atoms with Gasteiger partial charge in [0.1, 0.15) is 5.82 Å². The summed E-state index contributed by atoms with van der Waals surface area (Å²) < 4.78 is 12.9. The first kappa shape index (κ1) is 14.2. The molecule has 1 aromatic carbocycles. The standard InChI is InChI=1S/C16H20FNS/c1-2-8-18-16(11-14-7-9-19-12-14)10-13-3-5-15(17)6-4-13/h3-7,9,12,16,18H,2,8,10-11H2,1H3. The van der Waals surface area contributed by atoms with Gasteiger partial charge in [0.05, 0.1) is 0 Å². The van der Waals surface area contributed by atoms with Crippen LogP contribution in [0, 0.1) is 5.82 Å². The molecule has 1 aromatic heterocycles. The van der Waals surface area contributed by atoms with Crippen LogP contribution in [-0.2, 0) is 12.8 Å². The summed E-state index contributed by atoms with van der Waals surface area (Å²) in [4.78, 5) is 0. The molecule has 0 bridgehead atoms. The number of benzene rings is 1. The zero-order valence-corrected chi connectivity index (χ0v) is 12.0. The van der Waals surface area contributed by atoms with E-state index in [0.29, 0.717) is 6.04 Å². The van der Waals surface area contributed by atoms with Gasteiger partial charge in [-0.3, -0.25) is 0 Å². The smallest absolute Gasteiger partial charge is 0.123 e. The van der Waals surface area contributed by atoms with E-state index in [1.807, 2.05) is 12.1 Å². The molecule has 2 aromatic rings. The fraction of sp³-hybridized carbons (Fsp3) is 0.375. The van der Waals surface area contributed by atoms with Crippen molar-refractivity contribution in [2.75, 3.05) is 6.54 Å². The normalized spacial score (nSPS) is 12.5. The van der Waals surface area contributed by atoms with Crippen molar-refractivity contribution >= 4 is 11.3 Å². The maximum absolute atomic E-state index is 12.9. The van der Waals surface area contributed by atoms with E-state index in [4.69, 9.17) is 0 Å². The Bertz CT molecular complexity index is 464. The molecule has 0 aliphatic rings. The van der Waals surface area contributed by atoms with Crippen LogP contribution >= 0.6 is 11.3 Å². The molecule has 19 heavy (non-hydrogen) atoms. The minimum atomic E-state index is -0.167. The SMILES string of the molecule is CCCNC(Cc1ccc(F)cc1)Cc1ccsc1. The second-order valence-corrected chi connectivity index (χ2v) is 5.60. The Hall–Kier alpha value is -1.19. The third kappa shape index (κ3) is 4.77. The van der Waals surface area contributed by atoms with Crippen LogP contribution in [0.1, 0.15) is 24.5 Å². The van der Waals surface area contributed by atoms with Gasteiger partial charge in [0, 0.05) is 6.04 Å². The second kappa shape index (κ2) is 7.41. The average molecular weight is 277 g/mol. The monoisotopic (exact) mass is 277 g/mol. The van der Waals surface area contributed by atoms with Crippen molar-refractivity contribution in [3.05, 3.63) is 58.0 Å². The highest BCUT2D eigenvalue weighted by molar-refractivity contribution is 7.07. The van der Waals surface area contributed by atoms with Crippen LogP contribution in [0.2, 0.25) is 0 Å². The maximum Gasteiger partial charge on any atom is 0.123 e. The molecule has 0 aliphatic carbocycles. The lowest BCUT2D eigenvalue weighted by Crippen LogP contribution is -2.33. The second-order valence-electron chi connectivity index (χ2n) is 4.82.